The lowest BCUT2D eigenvalue weighted by atomic mass is 10.0. The van der Waals surface area contributed by atoms with E-state index in [2.05, 4.69) is 10.2 Å². The number of rotatable bonds is 7. The zero-order chi connectivity index (χ0) is 16.7. The molecule has 0 saturated carbocycles. The van der Waals surface area contributed by atoms with Gasteiger partial charge in [0.25, 0.3) is 0 Å². The summed E-state index contributed by atoms with van der Waals surface area (Å²) < 4.78 is 10.7. The van der Waals surface area contributed by atoms with Crippen molar-refractivity contribution in [3.63, 3.8) is 0 Å². The molecule has 1 amide bonds. The molecule has 5 nitrogen and oxygen atoms in total. The Labute approximate surface area is 142 Å². The molecule has 1 aliphatic heterocycles. The molecule has 1 atom stereocenters. The molecule has 0 aromatic heterocycles. The second-order valence-electron chi connectivity index (χ2n) is 5.80. The van der Waals surface area contributed by atoms with Gasteiger partial charge in [-0.3, -0.25) is 9.69 Å². The van der Waals surface area contributed by atoms with Crippen molar-refractivity contribution in [2.24, 2.45) is 0 Å². The van der Waals surface area contributed by atoms with Crippen molar-refractivity contribution < 1.29 is 14.3 Å². The Morgan fingerprint density at radius 1 is 1.35 bits per heavy atom. The van der Waals surface area contributed by atoms with E-state index in [1.807, 2.05) is 24.3 Å². The van der Waals surface area contributed by atoms with Gasteiger partial charge in [-0.2, -0.15) is 0 Å². The quantitative estimate of drug-likeness (QED) is 0.827. The van der Waals surface area contributed by atoms with Gasteiger partial charge < -0.3 is 14.8 Å². The average Bonchev–Trinajstić information content (AvgIpc) is 2.57. The number of likely N-dealkylation sites (tertiary alicyclic amines) is 1. The molecule has 128 valence electrons. The predicted molar refractivity (Wildman–Crippen MR) is 91.0 cm³/mol. The number of halogens is 1. The van der Waals surface area contributed by atoms with Gasteiger partial charge in [0, 0.05) is 37.8 Å². The molecule has 1 heterocycles. The first-order valence-corrected chi connectivity index (χ1v) is 8.40. The number of hydrogen-bond acceptors (Lipinski definition) is 4. The standard InChI is InChI=1S/C17H25ClN2O3/c1-13(22-2)17(21)19-15-7-9-20(10-8-15)11-12-23-16-5-3-14(18)4-6-16/h3-6,13,15H,7-12H2,1-2H3,(H,19,21)/t13-/m0/s1. The maximum Gasteiger partial charge on any atom is 0.249 e. The minimum absolute atomic E-state index is 0.0305. The van der Waals surface area contributed by atoms with Crippen LogP contribution >= 0.6 is 11.6 Å². The number of benzene rings is 1. The number of amides is 1. The molecular weight excluding hydrogens is 316 g/mol. The summed E-state index contributed by atoms with van der Waals surface area (Å²) in [6.07, 6.45) is 1.53. The summed E-state index contributed by atoms with van der Waals surface area (Å²) in [5, 5.41) is 3.76. The van der Waals surface area contributed by atoms with Crippen molar-refractivity contribution in [3.05, 3.63) is 29.3 Å². The fourth-order valence-corrected chi connectivity index (χ4v) is 2.68. The third-order valence-corrected chi connectivity index (χ3v) is 4.40. The topological polar surface area (TPSA) is 50.8 Å². The van der Waals surface area contributed by atoms with Crippen molar-refractivity contribution in [3.8, 4) is 5.75 Å². The van der Waals surface area contributed by atoms with Crippen molar-refractivity contribution >= 4 is 17.5 Å². The van der Waals surface area contributed by atoms with Crippen molar-refractivity contribution in [1.29, 1.82) is 0 Å². The molecule has 0 radical (unpaired) electrons. The third-order valence-electron chi connectivity index (χ3n) is 4.15. The molecule has 6 heteroatoms. The largest absolute Gasteiger partial charge is 0.492 e. The summed E-state index contributed by atoms with van der Waals surface area (Å²) in [4.78, 5) is 14.2. The second-order valence-corrected chi connectivity index (χ2v) is 6.24. The van der Waals surface area contributed by atoms with E-state index in [0.29, 0.717) is 11.6 Å². The SMILES string of the molecule is CO[C@@H](C)C(=O)NC1CCN(CCOc2ccc(Cl)cc2)CC1. The predicted octanol–water partition coefficient (Wildman–Crippen LogP) is 2.33. The van der Waals surface area contributed by atoms with Gasteiger partial charge in [-0.15, -0.1) is 0 Å². The number of hydrogen-bond donors (Lipinski definition) is 1. The summed E-state index contributed by atoms with van der Waals surface area (Å²) in [6.45, 7) is 5.24. The van der Waals surface area contributed by atoms with Gasteiger partial charge in [0.05, 0.1) is 0 Å². The minimum Gasteiger partial charge on any atom is -0.492 e. The summed E-state index contributed by atoms with van der Waals surface area (Å²) in [7, 11) is 1.55. The van der Waals surface area contributed by atoms with E-state index < -0.39 is 0 Å². The van der Waals surface area contributed by atoms with Crippen LogP contribution in [0.25, 0.3) is 0 Å². The smallest absolute Gasteiger partial charge is 0.249 e. The number of carbonyl (C=O) groups excluding carboxylic acids is 1. The van der Waals surface area contributed by atoms with Crippen molar-refractivity contribution in [2.75, 3.05) is 33.4 Å². The van der Waals surface area contributed by atoms with Crippen LogP contribution in [0.15, 0.2) is 24.3 Å². The van der Waals surface area contributed by atoms with Gasteiger partial charge in [0.15, 0.2) is 0 Å². The van der Waals surface area contributed by atoms with Crippen LogP contribution in [-0.4, -0.2) is 56.3 Å². The minimum atomic E-state index is -0.388. The number of methoxy groups -OCH3 is 1. The highest BCUT2D eigenvalue weighted by Gasteiger charge is 2.22. The normalized spacial score (nSPS) is 17.7. The van der Waals surface area contributed by atoms with Crippen LogP contribution in [0, 0.1) is 0 Å². The summed E-state index contributed by atoms with van der Waals surface area (Å²) in [6, 6.07) is 7.65. The van der Waals surface area contributed by atoms with Gasteiger partial charge in [0.2, 0.25) is 5.91 Å². The Morgan fingerprint density at radius 2 is 2.00 bits per heavy atom. The Bertz CT molecular complexity index is 487. The first kappa shape index (κ1) is 18.0. The third kappa shape index (κ3) is 6.01. The Morgan fingerprint density at radius 3 is 2.61 bits per heavy atom. The number of carbonyl (C=O) groups is 1. The van der Waals surface area contributed by atoms with Gasteiger partial charge >= 0.3 is 0 Å². The van der Waals surface area contributed by atoms with Crippen LogP contribution in [0.5, 0.6) is 5.75 Å². The van der Waals surface area contributed by atoms with Crippen LogP contribution in [0.3, 0.4) is 0 Å². The fourth-order valence-electron chi connectivity index (χ4n) is 2.55. The Balaban J connectivity index is 1.63. The van der Waals surface area contributed by atoms with Crippen molar-refractivity contribution in [2.45, 2.75) is 31.9 Å². The average molecular weight is 341 g/mol. The number of nitrogens with zero attached hydrogens (tertiary/aromatic N) is 1. The van der Waals surface area contributed by atoms with Crippen LogP contribution in [0.2, 0.25) is 5.02 Å². The zero-order valence-electron chi connectivity index (χ0n) is 13.8. The molecule has 0 bridgehead atoms. The van der Waals surface area contributed by atoms with Crippen LogP contribution in [-0.2, 0) is 9.53 Å². The van der Waals surface area contributed by atoms with E-state index >= 15 is 0 Å². The molecule has 1 fully saturated rings. The first-order chi connectivity index (χ1) is 11.1. The lowest BCUT2D eigenvalue weighted by Crippen LogP contribution is -2.47. The van der Waals surface area contributed by atoms with Crippen LogP contribution in [0.4, 0.5) is 0 Å². The van der Waals surface area contributed by atoms with E-state index in [1.54, 1.807) is 14.0 Å². The number of ether oxygens (including phenoxy) is 2. The number of piperidine rings is 1. The molecule has 0 aliphatic carbocycles. The van der Waals surface area contributed by atoms with E-state index in [-0.39, 0.29) is 18.1 Å². The highest BCUT2D eigenvalue weighted by molar-refractivity contribution is 6.30. The molecule has 1 aromatic carbocycles. The molecule has 23 heavy (non-hydrogen) atoms. The highest BCUT2D eigenvalue weighted by atomic mass is 35.5. The molecule has 1 N–H and O–H groups in total. The molecule has 1 aromatic rings. The van der Waals surface area contributed by atoms with E-state index in [9.17, 15) is 4.79 Å². The van der Waals surface area contributed by atoms with E-state index in [4.69, 9.17) is 21.1 Å². The molecule has 1 saturated heterocycles. The van der Waals surface area contributed by atoms with E-state index in [0.717, 1.165) is 38.2 Å². The fraction of sp³-hybridized carbons (Fsp3) is 0.588. The summed E-state index contributed by atoms with van der Waals surface area (Å²) in [5.41, 5.74) is 0. The van der Waals surface area contributed by atoms with Gasteiger partial charge in [0.1, 0.15) is 18.5 Å². The summed E-state index contributed by atoms with van der Waals surface area (Å²) in [5.74, 6) is 0.808. The van der Waals surface area contributed by atoms with Crippen LogP contribution < -0.4 is 10.1 Å². The molecular formula is C17H25ClN2O3. The Hall–Kier alpha value is -1.30. The maximum absolute atomic E-state index is 11.8. The maximum atomic E-state index is 11.8. The zero-order valence-corrected chi connectivity index (χ0v) is 14.5. The molecule has 0 unspecified atom stereocenters. The monoisotopic (exact) mass is 340 g/mol. The molecule has 1 aliphatic rings. The Kier molecular flexibility index (Phi) is 7.15. The highest BCUT2D eigenvalue weighted by Crippen LogP contribution is 2.16. The number of nitrogens with one attached hydrogen (secondary N) is 1. The molecule has 0 spiro atoms. The van der Waals surface area contributed by atoms with Crippen molar-refractivity contribution in [1.82, 2.24) is 10.2 Å². The van der Waals surface area contributed by atoms with Crippen LogP contribution in [0.1, 0.15) is 19.8 Å². The van der Waals surface area contributed by atoms with Gasteiger partial charge in [-0.05, 0) is 44.0 Å². The van der Waals surface area contributed by atoms with Gasteiger partial charge in [-0.25, -0.2) is 0 Å². The first-order valence-electron chi connectivity index (χ1n) is 8.02. The van der Waals surface area contributed by atoms with E-state index in [1.165, 1.54) is 0 Å². The lowest BCUT2D eigenvalue weighted by molar-refractivity contribution is -0.131. The molecule has 2 rings (SSSR count). The lowest BCUT2D eigenvalue weighted by Gasteiger charge is -2.32. The second kappa shape index (κ2) is 9.11. The van der Waals surface area contributed by atoms with Gasteiger partial charge in [-0.1, -0.05) is 11.6 Å². The summed E-state index contributed by atoms with van der Waals surface area (Å²) >= 11 is 5.84.